The van der Waals surface area contributed by atoms with E-state index in [1.807, 2.05) is 36.1 Å². The van der Waals surface area contributed by atoms with E-state index in [9.17, 15) is 0 Å². The monoisotopic (exact) mass is 316 g/mol. The molecule has 1 heterocycles. The highest BCUT2D eigenvalue weighted by molar-refractivity contribution is 6.64. The number of nitrogens with two attached hydrogens (primary N) is 1. The van der Waals surface area contributed by atoms with Crippen molar-refractivity contribution in [2.24, 2.45) is 10.7 Å². The van der Waals surface area contributed by atoms with Crippen LogP contribution in [0.3, 0.4) is 0 Å². The molecule has 110 valence electrons. The Kier molecular flexibility index (Phi) is 7.36. The first kappa shape index (κ1) is 16.8. The van der Waals surface area contributed by atoms with Gasteiger partial charge in [-0.3, -0.25) is 5.41 Å². The van der Waals surface area contributed by atoms with Gasteiger partial charge in [0.1, 0.15) is 0 Å². The quantitative estimate of drug-likeness (QED) is 0.475. The van der Waals surface area contributed by atoms with E-state index in [0.717, 1.165) is 37.6 Å². The number of benzene rings is 1. The predicted molar refractivity (Wildman–Crippen MR) is 84.3 cm³/mol. The summed E-state index contributed by atoms with van der Waals surface area (Å²) in [5.41, 5.74) is 6.52. The molecular formula is C13H18Cl2N4O. The van der Waals surface area contributed by atoms with Gasteiger partial charge in [-0.15, -0.1) is 0 Å². The fraction of sp³-hybridized carbons (Fsp3) is 0.385. The zero-order valence-electron chi connectivity index (χ0n) is 11.3. The Morgan fingerprint density at radius 2 is 1.85 bits per heavy atom. The van der Waals surface area contributed by atoms with Gasteiger partial charge in [-0.25, -0.2) is 4.99 Å². The maximum atomic E-state index is 6.19. The van der Waals surface area contributed by atoms with Crippen LogP contribution in [0.5, 0.6) is 0 Å². The molecule has 0 aromatic heterocycles. The standard InChI is InChI=1S/C12H15ClN2O.CH3ClN2/c1-10-4-2-3-5-11(10)14-12(13)15-6-8-16-9-7-15;2-1(3)4/h2-5H,6-9H2,1H3;(H3,3,4). The zero-order chi connectivity index (χ0) is 15.0. The van der Waals surface area contributed by atoms with Crippen molar-refractivity contribution in [3.8, 4) is 0 Å². The number of hydrogen-bond acceptors (Lipinski definition) is 3. The molecule has 3 N–H and O–H groups in total. The van der Waals surface area contributed by atoms with Crippen molar-refractivity contribution in [1.82, 2.24) is 4.90 Å². The average molecular weight is 317 g/mol. The van der Waals surface area contributed by atoms with Crippen LogP contribution in [0.2, 0.25) is 0 Å². The fourth-order valence-electron chi connectivity index (χ4n) is 1.61. The van der Waals surface area contributed by atoms with Crippen LogP contribution in [0.1, 0.15) is 5.56 Å². The second-order valence-electron chi connectivity index (χ2n) is 4.11. The number of hydrogen-bond donors (Lipinski definition) is 2. The van der Waals surface area contributed by atoms with E-state index in [1.165, 1.54) is 0 Å². The number of aryl methyl sites for hydroxylation is 1. The first-order valence-electron chi connectivity index (χ1n) is 6.12. The van der Waals surface area contributed by atoms with Crippen LogP contribution >= 0.6 is 23.2 Å². The van der Waals surface area contributed by atoms with E-state index in [0.29, 0.717) is 5.29 Å². The molecule has 0 radical (unpaired) electrons. The highest BCUT2D eigenvalue weighted by atomic mass is 35.5. The molecule has 0 amide bonds. The molecule has 1 aliphatic heterocycles. The van der Waals surface area contributed by atoms with Crippen molar-refractivity contribution < 1.29 is 4.74 Å². The Bertz CT molecular complexity index is 469. The Morgan fingerprint density at radius 3 is 2.40 bits per heavy atom. The SMILES string of the molecule is Cc1ccccc1N=C(Cl)N1CCOCC1.N=C(N)Cl. The maximum Gasteiger partial charge on any atom is 0.199 e. The molecule has 0 aliphatic carbocycles. The van der Waals surface area contributed by atoms with Gasteiger partial charge in [-0.2, -0.15) is 0 Å². The van der Waals surface area contributed by atoms with E-state index in [1.54, 1.807) is 0 Å². The molecule has 0 atom stereocenters. The minimum absolute atomic E-state index is 0.361. The summed E-state index contributed by atoms with van der Waals surface area (Å²) in [7, 11) is 0. The van der Waals surface area contributed by atoms with Crippen molar-refractivity contribution in [2.75, 3.05) is 26.3 Å². The summed E-state index contributed by atoms with van der Waals surface area (Å²) in [6.45, 7) is 5.10. The van der Waals surface area contributed by atoms with Crippen molar-refractivity contribution in [3.63, 3.8) is 0 Å². The highest BCUT2D eigenvalue weighted by Gasteiger charge is 2.13. The fourth-order valence-corrected chi connectivity index (χ4v) is 1.87. The molecule has 0 spiro atoms. The largest absolute Gasteiger partial charge is 0.378 e. The minimum atomic E-state index is -0.361. The van der Waals surface area contributed by atoms with Crippen LogP contribution in [0.4, 0.5) is 5.69 Å². The lowest BCUT2D eigenvalue weighted by atomic mass is 10.2. The molecule has 1 aromatic carbocycles. The summed E-state index contributed by atoms with van der Waals surface area (Å²) < 4.78 is 5.27. The van der Waals surface area contributed by atoms with Crippen molar-refractivity contribution in [2.45, 2.75) is 6.92 Å². The van der Waals surface area contributed by atoms with Crippen LogP contribution in [0, 0.1) is 12.3 Å². The van der Waals surface area contributed by atoms with Gasteiger partial charge in [0.2, 0.25) is 0 Å². The lowest BCUT2D eigenvalue weighted by molar-refractivity contribution is 0.0692. The predicted octanol–water partition coefficient (Wildman–Crippen LogP) is 2.67. The number of rotatable bonds is 1. The summed E-state index contributed by atoms with van der Waals surface area (Å²) in [5.74, 6) is 0. The molecule has 0 saturated carbocycles. The maximum absolute atomic E-state index is 6.19. The lowest BCUT2D eigenvalue weighted by Crippen LogP contribution is -2.38. The van der Waals surface area contributed by atoms with Gasteiger partial charge in [0, 0.05) is 13.1 Å². The molecule has 0 unspecified atom stereocenters. The topological polar surface area (TPSA) is 74.7 Å². The summed E-state index contributed by atoms with van der Waals surface area (Å²) in [4.78, 5) is 6.47. The van der Waals surface area contributed by atoms with Crippen LogP contribution < -0.4 is 5.73 Å². The van der Waals surface area contributed by atoms with E-state index in [2.05, 4.69) is 22.3 Å². The molecule has 2 rings (SSSR count). The van der Waals surface area contributed by atoms with Gasteiger partial charge in [-0.1, -0.05) is 18.2 Å². The molecule has 5 nitrogen and oxygen atoms in total. The van der Waals surface area contributed by atoms with Crippen LogP contribution in [0.25, 0.3) is 0 Å². The normalized spacial score (nSPS) is 15.3. The molecule has 7 heteroatoms. The number of nitrogens with zero attached hydrogens (tertiary/aromatic N) is 2. The Morgan fingerprint density at radius 1 is 1.30 bits per heavy atom. The third-order valence-corrected chi connectivity index (χ3v) is 2.92. The van der Waals surface area contributed by atoms with Gasteiger partial charge in [0.05, 0.1) is 18.9 Å². The third-order valence-electron chi connectivity index (χ3n) is 2.60. The minimum Gasteiger partial charge on any atom is -0.378 e. The van der Waals surface area contributed by atoms with Crippen LogP contribution in [-0.4, -0.2) is 41.8 Å². The van der Waals surface area contributed by atoms with E-state index >= 15 is 0 Å². The molecule has 0 bridgehead atoms. The van der Waals surface area contributed by atoms with E-state index in [-0.39, 0.29) is 5.29 Å². The van der Waals surface area contributed by atoms with Gasteiger partial charge in [-0.05, 0) is 41.8 Å². The number of aliphatic imine (C=N–C) groups is 1. The number of amidine groups is 2. The number of halogens is 2. The smallest absolute Gasteiger partial charge is 0.199 e. The molecule has 1 fully saturated rings. The van der Waals surface area contributed by atoms with E-state index in [4.69, 9.17) is 21.7 Å². The zero-order valence-corrected chi connectivity index (χ0v) is 12.8. The van der Waals surface area contributed by atoms with Gasteiger partial charge < -0.3 is 15.4 Å². The summed E-state index contributed by atoms with van der Waals surface area (Å²) >= 11 is 10.8. The van der Waals surface area contributed by atoms with Gasteiger partial charge in [0.15, 0.2) is 10.6 Å². The van der Waals surface area contributed by atoms with E-state index < -0.39 is 0 Å². The Balaban J connectivity index is 0.000000444. The van der Waals surface area contributed by atoms with Gasteiger partial charge >= 0.3 is 0 Å². The van der Waals surface area contributed by atoms with Crippen LogP contribution in [-0.2, 0) is 4.74 Å². The Labute approximate surface area is 128 Å². The average Bonchev–Trinajstić information content (AvgIpc) is 2.42. The molecular weight excluding hydrogens is 299 g/mol. The molecule has 20 heavy (non-hydrogen) atoms. The number of para-hydroxylation sites is 1. The molecule has 1 aromatic rings. The Hall–Kier alpha value is -1.30. The summed E-state index contributed by atoms with van der Waals surface area (Å²) in [5, 5.41) is 6.24. The molecule has 1 saturated heterocycles. The summed E-state index contributed by atoms with van der Waals surface area (Å²) in [6.07, 6.45) is 0. The lowest BCUT2D eigenvalue weighted by Gasteiger charge is -2.26. The van der Waals surface area contributed by atoms with Crippen molar-refractivity contribution in [1.29, 1.82) is 5.41 Å². The number of nitrogens with one attached hydrogen (secondary N) is 1. The molecule has 1 aliphatic rings. The van der Waals surface area contributed by atoms with Crippen LogP contribution in [0.15, 0.2) is 29.3 Å². The second kappa shape index (κ2) is 8.79. The first-order valence-corrected chi connectivity index (χ1v) is 6.88. The first-order chi connectivity index (χ1) is 9.50. The third kappa shape index (κ3) is 6.23. The van der Waals surface area contributed by atoms with Crippen molar-refractivity contribution >= 4 is 39.5 Å². The second-order valence-corrected chi connectivity index (χ2v) is 4.86. The highest BCUT2D eigenvalue weighted by Crippen LogP contribution is 2.19. The number of ether oxygens (including phenoxy) is 1. The van der Waals surface area contributed by atoms with Crippen molar-refractivity contribution in [3.05, 3.63) is 29.8 Å². The van der Waals surface area contributed by atoms with Gasteiger partial charge in [0.25, 0.3) is 0 Å². The summed E-state index contributed by atoms with van der Waals surface area (Å²) in [6, 6.07) is 7.97. The number of morpholine rings is 1.